The lowest BCUT2D eigenvalue weighted by Gasteiger charge is -2.05. The Labute approximate surface area is 99.3 Å². The van der Waals surface area contributed by atoms with E-state index in [0.29, 0.717) is 11.8 Å². The molecular weight excluding hydrogens is 224 g/mol. The number of aryl methyl sites for hydroxylation is 3. The van der Waals surface area contributed by atoms with Crippen LogP contribution in [-0.2, 0) is 5.88 Å². The highest BCUT2D eigenvalue weighted by atomic mass is 35.5. The first-order valence-corrected chi connectivity index (χ1v) is 5.57. The van der Waals surface area contributed by atoms with Crippen LogP contribution in [0.15, 0.2) is 12.3 Å². The van der Waals surface area contributed by atoms with Crippen LogP contribution >= 0.6 is 11.6 Å². The van der Waals surface area contributed by atoms with Crippen molar-refractivity contribution in [2.45, 2.75) is 26.7 Å². The monoisotopic (exact) mass is 236 g/mol. The number of rotatable bonds is 2. The van der Waals surface area contributed by atoms with Crippen molar-refractivity contribution in [2.24, 2.45) is 0 Å². The van der Waals surface area contributed by atoms with Gasteiger partial charge in [0.25, 0.3) is 5.95 Å². The SMILES string of the molecule is Cc1cc(C)n(-c2ncc(CCl)c(C)n2)n1. The van der Waals surface area contributed by atoms with Gasteiger partial charge in [-0.1, -0.05) is 0 Å². The van der Waals surface area contributed by atoms with Crippen LogP contribution in [0.4, 0.5) is 0 Å². The number of halogens is 1. The van der Waals surface area contributed by atoms with Gasteiger partial charge in [0, 0.05) is 23.1 Å². The van der Waals surface area contributed by atoms with E-state index < -0.39 is 0 Å². The summed E-state index contributed by atoms with van der Waals surface area (Å²) in [5, 5.41) is 4.34. The average molecular weight is 237 g/mol. The number of hydrogen-bond acceptors (Lipinski definition) is 3. The van der Waals surface area contributed by atoms with Gasteiger partial charge in [-0.2, -0.15) is 5.10 Å². The molecule has 0 spiro atoms. The molecule has 0 N–H and O–H groups in total. The van der Waals surface area contributed by atoms with E-state index in [1.807, 2.05) is 26.8 Å². The Bertz CT molecular complexity index is 519. The Kier molecular flexibility index (Phi) is 2.92. The van der Waals surface area contributed by atoms with Crippen molar-refractivity contribution in [3.8, 4) is 5.95 Å². The summed E-state index contributed by atoms with van der Waals surface area (Å²) in [6.07, 6.45) is 1.75. The topological polar surface area (TPSA) is 43.6 Å². The summed E-state index contributed by atoms with van der Waals surface area (Å²) in [5.41, 5.74) is 3.83. The van der Waals surface area contributed by atoms with Crippen molar-refractivity contribution >= 4 is 11.6 Å². The van der Waals surface area contributed by atoms with Gasteiger partial charge in [0.1, 0.15) is 0 Å². The van der Waals surface area contributed by atoms with E-state index in [0.717, 1.165) is 22.6 Å². The maximum Gasteiger partial charge on any atom is 0.250 e. The van der Waals surface area contributed by atoms with Crippen LogP contribution in [0.1, 0.15) is 22.6 Å². The third-order valence-corrected chi connectivity index (χ3v) is 2.70. The quantitative estimate of drug-likeness (QED) is 0.752. The average Bonchev–Trinajstić information content (AvgIpc) is 2.58. The van der Waals surface area contributed by atoms with Gasteiger partial charge in [-0.15, -0.1) is 11.6 Å². The molecule has 2 aromatic heterocycles. The van der Waals surface area contributed by atoms with E-state index >= 15 is 0 Å². The smallest absolute Gasteiger partial charge is 0.219 e. The molecule has 0 fully saturated rings. The molecule has 0 aromatic carbocycles. The van der Waals surface area contributed by atoms with Gasteiger partial charge in [-0.3, -0.25) is 0 Å². The zero-order chi connectivity index (χ0) is 11.7. The van der Waals surface area contributed by atoms with Crippen LogP contribution in [0.3, 0.4) is 0 Å². The lowest BCUT2D eigenvalue weighted by atomic mass is 10.3. The highest BCUT2D eigenvalue weighted by molar-refractivity contribution is 6.17. The minimum absolute atomic E-state index is 0.434. The predicted molar refractivity (Wildman–Crippen MR) is 62.9 cm³/mol. The van der Waals surface area contributed by atoms with E-state index in [-0.39, 0.29) is 0 Å². The first-order valence-electron chi connectivity index (χ1n) is 5.04. The Morgan fingerprint density at radius 1 is 1.31 bits per heavy atom. The third kappa shape index (κ3) is 1.93. The van der Waals surface area contributed by atoms with Crippen molar-refractivity contribution in [3.05, 3.63) is 34.9 Å². The normalized spacial score (nSPS) is 10.8. The molecule has 0 atom stereocenters. The highest BCUT2D eigenvalue weighted by Gasteiger charge is 2.08. The minimum atomic E-state index is 0.434. The number of hydrogen-bond donors (Lipinski definition) is 0. The third-order valence-electron chi connectivity index (χ3n) is 2.41. The largest absolute Gasteiger partial charge is 0.250 e. The van der Waals surface area contributed by atoms with Crippen molar-refractivity contribution in [3.63, 3.8) is 0 Å². The van der Waals surface area contributed by atoms with Crippen molar-refractivity contribution in [1.29, 1.82) is 0 Å². The van der Waals surface area contributed by atoms with Crippen molar-refractivity contribution in [2.75, 3.05) is 0 Å². The van der Waals surface area contributed by atoms with Crippen LogP contribution in [0, 0.1) is 20.8 Å². The summed E-state index contributed by atoms with van der Waals surface area (Å²) < 4.78 is 1.74. The molecule has 0 radical (unpaired) electrons. The zero-order valence-corrected chi connectivity index (χ0v) is 10.3. The Balaban J connectivity index is 2.49. The first-order chi connectivity index (χ1) is 7.61. The molecule has 0 saturated heterocycles. The molecule has 0 bridgehead atoms. The number of alkyl halides is 1. The molecule has 5 heteroatoms. The Morgan fingerprint density at radius 3 is 2.56 bits per heavy atom. The summed E-state index contributed by atoms with van der Waals surface area (Å²) in [6, 6.07) is 1.99. The van der Waals surface area contributed by atoms with Crippen LogP contribution in [0.2, 0.25) is 0 Å². The van der Waals surface area contributed by atoms with E-state index in [1.165, 1.54) is 0 Å². The fourth-order valence-corrected chi connectivity index (χ4v) is 1.81. The van der Waals surface area contributed by atoms with Crippen LogP contribution in [-0.4, -0.2) is 19.7 Å². The zero-order valence-electron chi connectivity index (χ0n) is 9.53. The standard InChI is InChI=1S/C11H13ClN4/c1-7-4-8(2)16(15-7)11-13-6-10(5-12)9(3)14-11/h4,6H,5H2,1-3H3. The van der Waals surface area contributed by atoms with Gasteiger partial charge in [0.2, 0.25) is 0 Å². The summed E-state index contributed by atoms with van der Waals surface area (Å²) >= 11 is 5.76. The minimum Gasteiger partial charge on any atom is -0.219 e. The fraction of sp³-hybridized carbons (Fsp3) is 0.364. The molecular formula is C11H13ClN4. The lowest BCUT2D eigenvalue weighted by Crippen LogP contribution is -2.07. The highest BCUT2D eigenvalue weighted by Crippen LogP contribution is 2.11. The predicted octanol–water partition coefficient (Wildman–Crippen LogP) is 2.33. The molecule has 0 saturated carbocycles. The van der Waals surface area contributed by atoms with E-state index in [1.54, 1.807) is 10.9 Å². The number of aromatic nitrogens is 4. The fourth-order valence-electron chi connectivity index (χ4n) is 1.54. The molecule has 0 aliphatic rings. The van der Waals surface area contributed by atoms with E-state index in [2.05, 4.69) is 15.1 Å². The maximum atomic E-state index is 5.76. The second kappa shape index (κ2) is 4.22. The van der Waals surface area contributed by atoms with Gasteiger partial charge in [0.05, 0.1) is 11.6 Å². The summed E-state index contributed by atoms with van der Waals surface area (Å²) in [6.45, 7) is 5.85. The van der Waals surface area contributed by atoms with Gasteiger partial charge in [-0.05, 0) is 26.8 Å². The summed E-state index contributed by atoms with van der Waals surface area (Å²) in [5.74, 6) is 1.03. The van der Waals surface area contributed by atoms with Gasteiger partial charge < -0.3 is 0 Å². The van der Waals surface area contributed by atoms with Crippen molar-refractivity contribution < 1.29 is 0 Å². The molecule has 16 heavy (non-hydrogen) atoms. The molecule has 4 nitrogen and oxygen atoms in total. The van der Waals surface area contributed by atoms with Gasteiger partial charge in [0.15, 0.2) is 0 Å². The molecule has 0 unspecified atom stereocenters. The molecule has 0 aliphatic carbocycles. The van der Waals surface area contributed by atoms with Gasteiger partial charge in [-0.25, -0.2) is 14.6 Å². The number of nitrogens with zero attached hydrogens (tertiary/aromatic N) is 4. The van der Waals surface area contributed by atoms with E-state index in [4.69, 9.17) is 11.6 Å². The molecule has 84 valence electrons. The van der Waals surface area contributed by atoms with Gasteiger partial charge >= 0.3 is 0 Å². The second-order valence-corrected chi connectivity index (χ2v) is 4.02. The summed E-state index contributed by atoms with van der Waals surface area (Å²) in [4.78, 5) is 8.65. The van der Waals surface area contributed by atoms with Crippen LogP contribution in [0.25, 0.3) is 5.95 Å². The Hall–Kier alpha value is -1.42. The molecule has 2 aromatic rings. The first kappa shape index (κ1) is 11.1. The molecule has 2 heterocycles. The van der Waals surface area contributed by atoms with Crippen molar-refractivity contribution in [1.82, 2.24) is 19.7 Å². The summed E-state index contributed by atoms with van der Waals surface area (Å²) in [7, 11) is 0. The molecule has 0 amide bonds. The Morgan fingerprint density at radius 2 is 2.06 bits per heavy atom. The molecule has 0 aliphatic heterocycles. The lowest BCUT2D eigenvalue weighted by molar-refractivity contribution is 0.765. The van der Waals surface area contributed by atoms with Crippen LogP contribution in [0.5, 0.6) is 0 Å². The molecule has 2 rings (SSSR count). The van der Waals surface area contributed by atoms with E-state index in [9.17, 15) is 0 Å². The van der Waals surface area contributed by atoms with Crippen LogP contribution < -0.4 is 0 Å². The maximum absolute atomic E-state index is 5.76. The second-order valence-electron chi connectivity index (χ2n) is 3.75.